The second-order valence-electron chi connectivity index (χ2n) is 4.37. The zero-order valence-corrected chi connectivity index (χ0v) is 9.92. The van der Waals surface area contributed by atoms with Gasteiger partial charge in [-0.2, -0.15) is 0 Å². The summed E-state index contributed by atoms with van der Waals surface area (Å²) in [5, 5.41) is 12.3. The number of nitrogens with one attached hydrogen (secondary N) is 1. The van der Waals surface area contributed by atoms with Gasteiger partial charge >= 0.3 is 0 Å². The number of aryl methyl sites for hydroxylation is 1. The third kappa shape index (κ3) is 2.85. The van der Waals surface area contributed by atoms with Crippen molar-refractivity contribution < 1.29 is 9.50 Å². The molecule has 3 nitrogen and oxygen atoms in total. The summed E-state index contributed by atoms with van der Waals surface area (Å²) in [7, 11) is 0. The third-order valence-electron chi connectivity index (χ3n) is 2.67. The van der Waals surface area contributed by atoms with Gasteiger partial charge in [0.1, 0.15) is 5.82 Å². The molecule has 1 aromatic carbocycles. The lowest BCUT2D eigenvalue weighted by atomic mass is 10.0. The number of benzene rings is 1. The van der Waals surface area contributed by atoms with E-state index in [1.165, 1.54) is 6.07 Å². The molecule has 4 heteroatoms. The minimum atomic E-state index is -0.312. The Morgan fingerprint density at radius 1 is 1.44 bits per heavy atom. The van der Waals surface area contributed by atoms with Gasteiger partial charge in [0.25, 0.3) is 0 Å². The van der Waals surface area contributed by atoms with Crippen molar-refractivity contribution in [3.05, 3.63) is 23.5 Å². The topological polar surface area (TPSA) is 58.3 Å². The summed E-state index contributed by atoms with van der Waals surface area (Å²) in [5.74, 6) is -0.0390. The highest BCUT2D eigenvalue weighted by Crippen LogP contribution is 2.24. The van der Waals surface area contributed by atoms with Crippen molar-refractivity contribution in [2.75, 3.05) is 17.7 Å². The van der Waals surface area contributed by atoms with Gasteiger partial charge in [-0.15, -0.1) is 0 Å². The maximum absolute atomic E-state index is 13.2. The molecule has 0 aliphatic heterocycles. The predicted molar refractivity (Wildman–Crippen MR) is 64.9 cm³/mol. The smallest absolute Gasteiger partial charge is 0.128 e. The van der Waals surface area contributed by atoms with Crippen molar-refractivity contribution in [2.45, 2.75) is 26.8 Å². The average Bonchev–Trinajstić information content (AvgIpc) is 2.21. The SMILES string of the molecule is Cc1cc(NC(CO)C(C)C)c(N)cc1F. The number of hydrogen-bond donors (Lipinski definition) is 3. The van der Waals surface area contributed by atoms with Crippen LogP contribution in [0.1, 0.15) is 19.4 Å². The van der Waals surface area contributed by atoms with Crippen LogP contribution in [0.4, 0.5) is 15.8 Å². The van der Waals surface area contributed by atoms with Crippen molar-refractivity contribution in [2.24, 2.45) is 5.92 Å². The highest BCUT2D eigenvalue weighted by Gasteiger charge is 2.14. The molecule has 0 radical (unpaired) electrons. The lowest BCUT2D eigenvalue weighted by Crippen LogP contribution is -2.29. The molecule has 0 spiro atoms. The van der Waals surface area contributed by atoms with Gasteiger partial charge in [-0.1, -0.05) is 13.8 Å². The molecule has 0 fully saturated rings. The normalized spacial score (nSPS) is 12.9. The number of halogens is 1. The number of aliphatic hydroxyl groups is 1. The monoisotopic (exact) mass is 226 g/mol. The molecule has 0 aliphatic rings. The van der Waals surface area contributed by atoms with Crippen LogP contribution in [0.5, 0.6) is 0 Å². The zero-order chi connectivity index (χ0) is 12.3. The largest absolute Gasteiger partial charge is 0.397 e. The fourth-order valence-corrected chi connectivity index (χ4v) is 1.44. The molecule has 1 atom stereocenters. The van der Waals surface area contributed by atoms with Crippen molar-refractivity contribution >= 4 is 11.4 Å². The Hall–Kier alpha value is -1.29. The molecule has 0 heterocycles. The lowest BCUT2D eigenvalue weighted by molar-refractivity contribution is 0.249. The van der Waals surface area contributed by atoms with Crippen molar-refractivity contribution in [1.29, 1.82) is 0 Å². The van der Waals surface area contributed by atoms with Crippen LogP contribution >= 0.6 is 0 Å². The van der Waals surface area contributed by atoms with Gasteiger partial charge in [-0.25, -0.2) is 4.39 Å². The first-order valence-electron chi connectivity index (χ1n) is 5.38. The van der Waals surface area contributed by atoms with Gasteiger partial charge in [0.2, 0.25) is 0 Å². The van der Waals surface area contributed by atoms with Gasteiger partial charge in [-0.3, -0.25) is 0 Å². The van der Waals surface area contributed by atoms with Crippen LogP contribution in [0.15, 0.2) is 12.1 Å². The molecule has 0 bridgehead atoms. The molecule has 0 amide bonds. The van der Waals surface area contributed by atoms with Crippen LogP contribution in [0.3, 0.4) is 0 Å². The second kappa shape index (κ2) is 5.16. The Morgan fingerprint density at radius 3 is 2.56 bits per heavy atom. The number of nitrogen functional groups attached to an aromatic ring is 1. The van der Waals surface area contributed by atoms with E-state index in [4.69, 9.17) is 5.73 Å². The van der Waals surface area contributed by atoms with E-state index in [0.717, 1.165) is 0 Å². The standard InChI is InChI=1S/C12H19FN2O/c1-7(2)12(6-16)15-11-4-8(3)9(13)5-10(11)14/h4-5,7,12,15-16H,6,14H2,1-3H3. The van der Waals surface area contributed by atoms with Crippen LogP contribution in [-0.4, -0.2) is 17.8 Å². The molecule has 1 rings (SSSR count). The highest BCUT2D eigenvalue weighted by atomic mass is 19.1. The maximum Gasteiger partial charge on any atom is 0.128 e. The summed E-state index contributed by atoms with van der Waals surface area (Å²) in [6.45, 7) is 5.71. The first-order valence-corrected chi connectivity index (χ1v) is 5.38. The molecule has 0 saturated heterocycles. The van der Waals surface area contributed by atoms with Gasteiger partial charge in [0.15, 0.2) is 0 Å². The molecule has 0 saturated carbocycles. The van der Waals surface area contributed by atoms with E-state index >= 15 is 0 Å². The number of hydrogen-bond acceptors (Lipinski definition) is 3. The molecule has 90 valence electrons. The molecule has 16 heavy (non-hydrogen) atoms. The number of anilines is 2. The Balaban J connectivity index is 2.92. The lowest BCUT2D eigenvalue weighted by Gasteiger charge is -2.22. The fourth-order valence-electron chi connectivity index (χ4n) is 1.44. The molecule has 0 aromatic heterocycles. The predicted octanol–water partition coefficient (Wildman–Crippen LogP) is 2.15. The molecule has 0 aliphatic carbocycles. The van der Waals surface area contributed by atoms with Gasteiger partial charge in [0.05, 0.1) is 24.0 Å². The Morgan fingerprint density at radius 2 is 2.06 bits per heavy atom. The van der Waals surface area contributed by atoms with E-state index < -0.39 is 0 Å². The molecular formula is C12H19FN2O. The van der Waals surface area contributed by atoms with Crippen molar-refractivity contribution in [3.8, 4) is 0 Å². The van der Waals surface area contributed by atoms with E-state index in [2.05, 4.69) is 5.32 Å². The Bertz CT molecular complexity index is 366. The Kier molecular flexibility index (Phi) is 4.12. The van der Waals surface area contributed by atoms with E-state index in [9.17, 15) is 9.50 Å². The summed E-state index contributed by atoms with van der Waals surface area (Å²) in [4.78, 5) is 0. The summed E-state index contributed by atoms with van der Waals surface area (Å²) in [6, 6.07) is 2.88. The van der Waals surface area contributed by atoms with Crippen molar-refractivity contribution in [1.82, 2.24) is 0 Å². The highest BCUT2D eigenvalue weighted by molar-refractivity contribution is 5.67. The van der Waals surface area contributed by atoms with Gasteiger partial charge in [0, 0.05) is 0 Å². The van der Waals surface area contributed by atoms with Crippen LogP contribution in [0, 0.1) is 18.7 Å². The summed E-state index contributed by atoms with van der Waals surface area (Å²) < 4.78 is 13.2. The van der Waals surface area contributed by atoms with Gasteiger partial charge < -0.3 is 16.2 Å². The maximum atomic E-state index is 13.2. The van der Waals surface area contributed by atoms with Crippen LogP contribution < -0.4 is 11.1 Å². The molecule has 1 aromatic rings. The minimum absolute atomic E-state index is 0.0214. The number of rotatable bonds is 4. The van der Waals surface area contributed by atoms with Crippen LogP contribution in [0.2, 0.25) is 0 Å². The number of aliphatic hydroxyl groups excluding tert-OH is 1. The zero-order valence-electron chi connectivity index (χ0n) is 9.92. The average molecular weight is 226 g/mol. The molecular weight excluding hydrogens is 207 g/mol. The van der Waals surface area contributed by atoms with Crippen LogP contribution in [-0.2, 0) is 0 Å². The second-order valence-corrected chi connectivity index (χ2v) is 4.37. The summed E-state index contributed by atoms with van der Waals surface area (Å²) >= 11 is 0. The molecule has 4 N–H and O–H groups in total. The third-order valence-corrected chi connectivity index (χ3v) is 2.67. The Labute approximate surface area is 95.5 Å². The van der Waals surface area contributed by atoms with Gasteiger partial charge in [-0.05, 0) is 30.5 Å². The van der Waals surface area contributed by atoms with Crippen LogP contribution in [0.25, 0.3) is 0 Å². The minimum Gasteiger partial charge on any atom is -0.397 e. The quantitative estimate of drug-likeness (QED) is 0.689. The first kappa shape index (κ1) is 12.8. The summed E-state index contributed by atoms with van der Waals surface area (Å²) in [5.41, 5.74) is 7.28. The van der Waals surface area contributed by atoms with E-state index in [1.54, 1.807) is 13.0 Å². The molecule has 1 unspecified atom stereocenters. The van der Waals surface area contributed by atoms with Crippen molar-refractivity contribution in [3.63, 3.8) is 0 Å². The first-order chi connectivity index (χ1) is 7.45. The summed E-state index contributed by atoms with van der Waals surface area (Å²) in [6.07, 6.45) is 0. The van der Waals surface area contributed by atoms with E-state index in [1.807, 2.05) is 13.8 Å². The fraction of sp³-hybridized carbons (Fsp3) is 0.500. The number of nitrogens with two attached hydrogens (primary N) is 1. The van der Waals surface area contributed by atoms with E-state index in [0.29, 0.717) is 16.9 Å². The van der Waals surface area contributed by atoms with E-state index in [-0.39, 0.29) is 24.4 Å².